The fourth-order valence-corrected chi connectivity index (χ4v) is 2.32. The van der Waals surface area contributed by atoms with Gasteiger partial charge < -0.3 is 9.84 Å². The van der Waals surface area contributed by atoms with Crippen molar-refractivity contribution in [2.75, 3.05) is 32.3 Å². The van der Waals surface area contributed by atoms with Gasteiger partial charge in [-0.25, -0.2) is 0 Å². The van der Waals surface area contributed by atoms with Crippen molar-refractivity contribution in [3.05, 3.63) is 6.42 Å². The van der Waals surface area contributed by atoms with Crippen LogP contribution < -0.4 is 0 Å². The van der Waals surface area contributed by atoms with Crippen molar-refractivity contribution in [3.8, 4) is 0 Å². The number of ether oxygens (including phenoxy) is 1. The molecule has 0 spiro atoms. The average molecular weight is 265 g/mol. The lowest BCUT2D eigenvalue weighted by atomic mass is 10.1. The molecular weight excluding hydrogens is 240 g/mol. The largest absolute Gasteiger partial charge is 0.394 e. The van der Waals surface area contributed by atoms with Crippen LogP contribution in [0, 0.1) is 6.42 Å². The number of aliphatic hydroxyl groups excluding tert-OH is 1. The van der Waals surface area contributed by atoms with Crippen molar-refractivity contribution in [1.82, 2.24) is 0 Å². The van der Waals surface area contributed by atoms with E-state index in [9.17, 15) is 0 Å². The lowest BCUT2D eigenvalue weighted by Gasteiger charge is -2.15. The highest BCUT2D eigenvalue weighted by molar-refractivity contribution is 7.99. The van der Waals surface area contributed by atoms with Crippen molar-refractivity contribution < 1.29 is 9.84 Å². The van der Waals surface area contributed by atoms with Crippen LogP contribution in [0.3, 0.4) is 0 Å². The van der Waals surface area contributed by atoms with Gasteiger partial charge in [-0.1, -0.05) is 6.92 Å². The Morgan fingerprint density at radius 3 is 2.50 bits per heavy atom. The molecular formula is C12H25O2S2. The maximum atomic E-state index is 8.58. The molecule has 0 fully saturated rings. The summed E-state index contributed by atoms with van der Waals surface area (Å²) in [6.07, 6.45) is 10.1. The van der Waals surface area contributed by atoms with Gasteiger partial charge >= 0.3 is 0 Å². The molecule has 0 aromatic rings. The molecule has 16 heavy (non-hydrogen) atoms. The van der Waals surface area contributed by atoms with Crippen LogP contribution >= 0.6 is 23.5 Å². The van der Waals surface area contributed by atoms with Crippen molar-refractivity contribution in [3.63, 3.8) is 0 Å². The van der Waals surface area contributed by atoms with Crippen molar-refractivity contribution in [2.24, 2.45) is 0 Å². The van der Waals surface area contributed by atoms with Crippen LogP contribution in [-0.2, 0) is 4.74 Å². The SMILES string of the molecule is CSC(C)C[CH]CC(CCOCCO)SC. The Hall–Kier alpha value is 0.620. The molecule has 0 rings (SSSR count). The highest BCUT2D eigenvalue weighted by Crippen LogP contribution is 2.20. The first-order valence-corrected chi connectivity index (χ1v) is 8.38. The molecule has 0 amide bonds. The van der Waals surface area contributed by atoms with Crippen LogP contribution in [-0.4, -0.2) is 47.9 Å². The van der Waals surface area contributed by atoms with Gasteiger partial charge in [-0.05, 0) is 38.2 Å². The average Bonchev–Trinajstić information content (AvgIpc) is 2.31. The van der Waals surface area contributed by atoms with E-state index in [1.807, 2.05) is 23.5 Å². The van der Waals surface area contributed by atoms with Crippen molar-refractivity contribution >= 4 is 23.5 Å². The second-order valence-corrected chi connectivity index (χ2v) is 6.20. The number of thioether (sulfide) groups is 2. The van der Waals surface area contributed by atoms with Crippen LogP contribution in [0.5, 0.6) is 0 Å². The summed E-state index contributed by atoms with van der Waals surface area (Å²) >= 11 is 3.82. The molecule has 0 saturated carbocycles. The maximum Gasteiger partial charge on any atom is 0.0697 e. The molecule has 97 valence electrons. The summed E-state index contributed by atoms with van der Waals surface area (Å²) in [6.45, 7) is 3.62. The van der Waals surface area contributed by atoms with Gasteiger partial charge in [0.15, 0.2) is 0 Å². The van der Waals surface area contributed by atoms with E-state index in [1.54, 1.807) is 0 Å². The minimum atomic E-state index is 0.126. The first kappa shape index (κ1) is 16.6. The first-order valence-electron chi connectivity index (χ1n) is 5.80. The van der Waals surface area contributed by atoms with Gasteiger partial charge in [-0.2, -0.15) is 23.5 Å². The molecule has 4 heteroatoms. The molecule has 2 atom stereocenters. The topological polar surface area (TPSA) is 29.5 Å². The zero-order chi connectivity index (χ0) is 12.2. The molecule has 2 unspecified atom stereocenters. The number of hydrogen-bond donors (Lipinski definition) is 1. The Labute approximate surface area is 109 Å². The molecule has 2 nitrogen and oxygen atoms in total. The van der Waals surface area contributed by atoms with E-state index >= 15 is 0 Å². The van der Waals surface area contributed by atoms with Crippen molar-refractivity contribution in [1.29, 1.82) is 0 Å². The minimum Gasteiger partial charge on any atom is -0.394 e. The summed E-state index contributed by atoms with van der Waals surface area (Å²) in [6, 6.07) is 0. The third-order valence-electron chi connectivity index (χ3n) is 2.48. The third kappa shape index (κ3) is 9.82. The summed E-state index contributed by atoms with van der Waals surface area (Å²) in [4.78, 5) is 0. The molecule has 1 radical (unpaired) electrons. The second kappa shape index (κ2) is 12.1. The molecule has 0 aromatic carbocycles. The van der Waals surface area contributed by atoms with E-state index in [1.165, 1.54) is 6.42 Å². The fraction of sp³-hybridized carbons (Fsp3) is 0.917. The number of aliphatic hydroxyl groups is 1. The highest BCUT2D eigenvalue weighted by atomic mass is 32.2. The fourth-order valence-electron chi connectivity index (χ4n) is 1.33. The van der Waals surface area contributed by atoms with Crippen LogP contribution in [0.15, 0.2) is 0 Å². The van der Waals surface area contributed by atoms with E-state index in [0.717, 1.165) is 24.7 Å². The van der Waals surface area contributed by atoms with Crippen LogP contribution in [0.2, 0.25) is 0 Å². The lowest BCUT2D eigenvalue weighted by Crippen LogP contribution is -2.10. The zero-order valence-corrected chi connectivity index (χ0v) is 12.3. The quantitative estimate of drug-likeness (QED) is 0.582. The standard InChI is InChI=1S/C12H25O2S2/c1-11(15-2)5-4-6-12(16-3)7-9-14-10-8-13/h4,11-13H,5-10H2,1-3H3. The van der Waals surface area contributed by atoms with Gasteiger partial charge in [-0.15, -0.1) is 0 Å². The first-order chi connectivity index (χ1) is 7.74. The molecule has 0 aromatic heterocycles. The van der Waals surface area contributed by atoms with Crippen LogP contribution in [0.25, 0.3) is 0 Å². The Bertz CT molecular complexity index is 145. The molecule has 0 heterocycles. The third-order valence-corrected chi connectivity index (χ3v) is 4.58. The highest BCUT2D eigenvalue weighted by Gasteiger charge is 2.08. The van der Waals surface area contributed by atoms with Gasteiger partial charge in [0.05, 0.1) is 13.2 Å². The second-order valence-electron chi connectivity index (χ2n) is 3.79. The summed E-state index contributed by atoms with van der Waals surface area (Å²) in [7, 11) is 0. The molecule has 1 N–H and O–H groups in total. The number of rotatable bonds is 11. The summed E-state index contributed by atoms with van der Waals surface area (Å²) < 4.78 is 5.28. The number of hydrogen-bond acceptors (Lipinski definition) is 4. The Balaban J connectivity index is 3.43. The van der Waals surface area contributed by atoms with Gasteiger partial charge in [0.1, 0.15) is 0 Å². The Kier molecular flexibility index (Phi) is 12.6. The van der Waals surface area contributed by atoms with E-state index in [4.69, 9.17) is 9.84 Å². The van der Waals surface area contributed by atoms with E-state index in [2.05, 4.69) is 25.9 Å². The summed E-state index contributed by atoms with van der Waals surface area (Å²) in [5.41, 5.74) is 0. The molecule has 0 aliphatic carbocycles. The molecule has 0 bridgehead atoms. The molecule has 0 saturated heterocycles. The van der Waals surface area contributed by atoms with Crippen LogP contribution in [0.1, 0.15) is 26.2 Å². The van der Waals surface area contributed by atoms with Gasteiger partial charge in [0.2, 0.25) is 0 Å². The monoisotopic (exact) mass is 265 g/mol. The predicted molar refractivity (Wildman–Crippen MR) is 76.3 cm³/mol. The maximum absolute atomic E-state index is 8.58. The van der Waals surface area contributed by atoms with Gasteiger partial charge in [-0.3, -0.25) is 0 Å². The predicted octanol–water partition coefficient (Wildman–Crippen LogP) is 2.85. The molecule has 0 aliphatic rings. The Morgan fingerprint density at radius 1 is 1.19 bits per heavy atom. The lowest BCUT2D eigenvalue weighted by molar-refractivity contribution is 0.0905. The Morgan fingerprint density at radius 2 is 1.94 bits per heavy atom. The van der Waals surface area contributed by atoms with Gasteiger partial charge in [0.25, 0.3) is 0 Å². The van der Waals surface area contributed by atoms with E-state index in [-0.39, 0.29) is 6.61 Å². The summed E-state index contributed by atoms with van der Waals surface area (Å²) in [5.74, 6) is 0. The normalized spacial score (nSPS) is 15.0. The minimum absolute atomic E-state index is 0.126. The van der Waals surface area contributed by atoms with Crippen LogP contribution in [0.4, 0.5) is 0 Å². The van der Waals surface area contributed by atoms with Gasteiger partial charge in [0, 0.05) is 17.1 Å². The van der Waals surface area contributed by atoms with Crippen molar-refractivity contribution in [2.45, 2.75) is 36.7 Å². The molecule has 0 aliphatic heterocycles. The van der Waals surface area contributed by atoms with E-state index in [0.29, 0.717) is 11.9 Å². The van der Waals surface area contributed by atoms with E-state index < -0.39 is 0 Å². The summed E-state index contributed by atoms with van der Waals surface area (Å²) in [5, 5.41) is 9.97. The zero-order valence-electron chi connectivity index (χ0n) is 10.6. The smallest absolute Gasteiger partial charge is 0.0697 e.